The van der Waals surface area contributed by atoms with Crippen molar-refractivity contribution in [3.8, 4) is 0 Å². The van der Waals surface area contributed by atoms with Gasteiger partial charge in [-0.25, -0.2) is 0 Å². The third-order valence-electron chi connectivity index (χ3n) is 1.96. The standard InChI is InChI=1S/C8H14F3NO2/c1-4(2)5(7(13)14-3)6(12)8(9,10)11/h4-6H,12H2,1-3H3/t5-,6-/m1/s1. The Bertz CT molecular complexity index is 203. The first-order valence-corrected chi connectivity index (χ1v) is 4.12. The van der Waals surface area contributed by atoms with Crippen molar-refractivity contribution in [2.24, 2.45) is 17.6 Å². The summed E-state index contributed by atoms with van der Waals surface area (Å²) in [5.74, 6) is -2.79. The van der Waals surface area contributed by atoms with Crippen LogP contribution < -0.4 is 5.73 Å². The maximum Gasteiger partial charge on any atom is 0.404 e. The highest BCUT2D eigenvalue weighted by Crippen LogP contribution is 2.28. The second-order valence-corrected chi connectivity index (χ2v) is 3.36. The number of hydrogen-bond donors (Lipinski definition) is 1. The van der Waals surface area contributed by atoms with Crippen LogP contribution in [-0.4, -0.2) is 25.3 Å². The summed E-state index contributed by atoms with van der Waals surface area (Å²) in [6.45, 7) is 2.99. The number of hydrogen-bond acceptors (Lipinski definition) is 3. The molecule has 3 nitrogen and oxygen atoms in total. The molecule has 0 aromatic heterocycles. The van der Waals surface area contributed by atoms with E-state index < -0.39 is 30.0 Å². The molecule has 84 valence electrons. The number of methoxy groups -OCH3 is 1. The molecule has 0 heterocycles. The summed E-state index contributed by atoms with van der Waals surface area (Å²) in [7, 11) is 1.04. The summed E-state index contributed by atoms with van der Waals surface area (Å²) in [4.78, 5) is 11.0. The van der Waals surface area contributed by atoms with E-state index >= 15 is 0 Å². The molecule has 0 rings (SSSR count). The van der Waals surface area contributed by atoms with Crippen LogP contribution in [-0.2, 0) is 9.53 Å². The van der Waals surface area contributed by atoms with Crippen LogP contribution in [0.15, 0.2) is 0 Å². The van der Waals surface area contributed by atoms with Gasteiger partial charge >= 0.3 is 12.1 Å². The zero-order valence-corrected chi connectivity index (χ0v) is 8.26. The van der Waals surface area contributed by atoms with E-state index in [2.05, 4.69) is 4.74 Å². The minimum Gasteiger partial charge on any atom is -0.469 e. The molecule has 0 radical (unpaired) electrons. The van der Waals surface area contributed by atoms with Crippen LogP contribution in [0.5, 0.6) is 0 Å². The van der Waals surface area contributed by atoms with Gasteiger partial charge in [-0.2, -0.15) is 13.2 Å². The molecule has 0 amide bonds. The third-order valence-corrected chi connectivity index (χ3v) is 1.96. The van der Waals surface area contributed by atoms with E-state index in [9.17, 15) is 18.0 Å². The first kappa shape index (κ1) is 13.2. The van der Waals surface area contributed by atoms with Gasteiger partial charge in [0.25, 0.3) is 0 Å². The molecule has 0 aromatic carbocycles. The number of halogens is 3. The summed E-state index contributed by atoms with van der Waals surface area (Å²) in [6, 6.07) is -2.17. The zero-order valence-electron chi connectivity index (χ0n) is 8.26. The van der Waals surface area contributed by atoms with Gasteiger partial charge in [-0.3, -0.25) is 4.79 Å². The monoisotopic (exact) mass is 213 g/mol. The van der Waals surface area contributed by atoms with Crippen molar-refractivity contribution in [1.29, 1.82) is 0 Å². The van der Waals surface area contributed by atoms with E-state index in [-0.39, 0.29) is 0 Å². The first-order chi connectivity index (χ1) is 6.21. The van der Waals surface area contributed by atoms with Crippen LogP contribution in [0.4, 0.5) is 13.2 Å². The molecule has 0 aliphatic rings. The number of carbonyl (C=O) groups excluding carboxylic acids is 1. The molecule has 0 unspecified atom stereocenters. The predicted octanol–water partition coefficient (Wildman–Crippen LogP) is 1.32. The molecule has 0 aromatic rings. The van der Waals surface area contributed by atoms with E-state index in [1.165, 1.54) is 13.8 Å². The Labute approximate surface area is 80.4 Å². The predicted molar refractivity (Wildman–Crippen MR) is 44.4 cm³/mol. The lowest BCUT2D eigenvalue weighted by molar-refractivity contribution is -0.178. The highest BCUT2D eigenvalue weighted by molar-refractivity contribution is 5.73. The highest BCUT2D eigenvalue weighted by atomic mass is 19.4. The van der Waals surface area contributed by atoms with Crippen LogP contribution in [0.1, 0.15) is 13.8 Å². The first-order valence-electron chi connectivity index (χ1n) is 4.12. The Kier molecular flexibility index (Phi) is 4.38. The SMILES string of the molecule is COC(=O)[C@H](C(C)C)[C@@H](N)C(F)(F)F. The molecule has 0 aliphatic heterocycles. The number of ether oxygens (including phenoxy) is 1. The van der Waals surface area contributed by atoms with Crippen molar-refractivity contribution in [2.45, 2.75) is 26.1 Å². The fourth-order valence-corrected chi connectivity index (χ4v) is 1.17. The molecule has 2 N–H and O–H groups in total. The van der Waals surface area contributed by atoms with E-state index in [0.717, 1.165) is 7.11 Å². The Morgan fingerprint density at radius 1 is 1.36 bits per heavy atom. The Morgan fingerprint density at radius 3 is 2.00 bits per heavy atom. The zero-order chi connectivity index (χ0) is 11.5. The highest BCUT2D eigenvalue weighted by Gasteiger charge is 2.46. The van der Waals surface area contributed by atoms with Crippen molar-refractivity contribution < 1.29 is 22.7 Å². The van der Waals surface area contributed by atoms with Gasteiger partial charge in [0.2, 0.25) is 0 Å². The molecule has 0 fully saturated rings. The maximum absolute atomic E-state index is 12.2. The molecular weight excluding hydrogens is 199 g/mol. The van der Waals surface area contributed by atoms with Crippen LogP contribution in [0, 0.1) is 11.8 Å². The molecule has 6 heteroatoms. The van der Waals surface area contributed by atoms with Gasteiger partial charge in [0.05, 0.1) is 13.0 Å². The molecule has 0 bridgehead atoms. The number of esters is 1. The minimum absolute atomic E-state index is 0.515. The Balaban J connectivity index is 4.75. The van der Waals surface area contributed by atoms with Gasteiger partial charge < -0.3 is 10.5 Å². The van der Waals surface area contributed by atoms with Gasteiger partial charge in [-0.05, 0) is 5.92 Å². The van der Waals surface area contributed by atoms with E-state index in [1.54, 1.807) is 0 Å². The number of carbonyl (C=O) groups is 1. The van der Waals surface area contributed by atoms with Gasteiger partial charge in [0.1, 0.15) is 6.04 Å². The summed E-state index contributed by atoms with van der Waals surface area (Å²) in [5.41, 5.74) is 4.95. The normalized spacial score (nSPS) is 16.6. The molecule has 0 saturated carbocycles. The van der Waals surface area contributed by atoms with Crippen molar-refractivity contribution in [1.82, 2.24) is 0 Å². The largest absolute Gasteiger partial charge is 0.469 e. The number of nitrogens with two attached hydrogens (primary N) is 1. The molecule has 2 atom stereocenters. The van der Waals surface area contributed by atoms with Crippen LogP contribution in [0.3, 0.4) is 0 Å². The van der Waals surface area contributed by atoms with Crippen molar-refractivity contribution in [3.05, 3.63) is 0 Å². The Hall–Kier alpha value is -0.780. The molecule has 0 saturated heterocycles. The Morgan fingerprint density at radius 2 is 1.79 bits per heavy atom. The van der Waals surface area contributed by atoms with Gasteiger partial charge in [0.15, 0.2) is 0 Å². The van der Waals surface area contributed by atoms with E-state index in [1.807, 2.05) is 0 Å². The average molecular weight is 213 g/mol. The smallest absolute Gasteiger partial charge is 0.404 e. The van der Waals surface area contributed by atoms with Crippen LogP contribution in [0.25, 0.3) is 0 Å². The molecular formula is C8H14F3NO2. The van der Waals surface area contributed by atoms with Crippen molar-refractivity contribution in [2.75, 3.05) is 7.11 Å². The summed E-state index contributed by atoms with van der Waals surface area (Å²) < 4.78 is 40.9. The summed E-state index contributed by atoms with van der Waals surface area (Å²) >= 11 is 0. The molecule has 14 heavy (non-hydrogen) atoms. The quantitative estimate of drug-likeness (QED) is 0.719. The lowest BCUT2D eigenvalue weighted by Crippen LogP contribution is -2.49. The summed E-state index contributed by atoms with van der Waals surface area (Å²) in [6.07, 6.45) is -4.58. The summed E-state index contributed by atoms with van der Waals surface area (Å²) in [5, 5.41) is 0. The van der Waals surface area contributed by atoms with Crippen molar-refractivity contribution in [3.63, 3.8) is 0 Å². The third kappa shape index (κ3) is 3.17. The van der Waals surface area contributed by atoms with Crippen molar-refractivity contribution >= 4 is 5.97 Å². The fraction of sp³-hybridized carbons (Fsp3) is 0.875. The molecule has 0 aliphatic carbocycles. The lowest BCUT2D eigenvalue weighted by Gasteiger charge is -2.26. The topological polar surface area (TPSA) is 52.3 Å². The number of rotatable bonds is 3. The maximum atomic E-state index is 12.2. The second kappa shape index (κ2) is 4.63. The van der Waals surface area contributed by atoms with E-state index in [0.29, 0.717) is 0 Å². The van der Waals surface area contributed by atoms with Gasteiger partial charge in [-0.1, -0.05) is 13.8 Å². The van der Waals surface area contributed by atoms with E-state index in [4.69, 9.17) is 5.73 Å². The lowest BCUT2D eigenvalue weighted by atomic mass is 9.88. The minimum atomic E-state index is -4.58. The van der Waals surface area contributed by atoms with Gasteiger partial charge in [-0.15, -0.1) is 0 Å². The fourth-order valence-electron chi connectivity index (χ4n) is 1.17. The van der Waals surface area contributed by atoms with Crippen LogP contribution >= 0.6 is 0 Å². The second-order valence-electron chi connectivity index (χ2n) is 3.36. The average Bonchev–Trinajstić information content (AvgIpc) is 2.01. The van der Waals surface area contributed by atoms with Gasteiger partial charge in [0, 0.05) is 0 Å². The van der Waals surface area contributed by atoms with Crippen LogP contribution in [0.2, 0.25) is 0 Å². The molecule has 0 spiro atoms. The number of alkyl halides is 3.